The van der Waals surface area contributed by atoms with Crippen molar-refractivity contribution < 1.29 is 26.4 Å². The first kappa shape index (κ1) is 19.5. The van der Waals surface area contributed by atoms with Crippen LogP contribution < -0.4 is 5.32 Å². The third-order valence-corrected chi connectivity index (χ3v) is 7.23. The van der Waals surface area contributed by atoms with Crippen molar-refractivity contribution in [2.24, 2.45) is 5.92 Å². The quantitative estimate of drug-likeness (QED) is 0.771. The van der Waals surface area contributed by atoms with E-state index in [2.05, 4.69) is 11.0 Å². The maximum atomic E-state index is 13.1. The van der Waals surface area contributed by atoms with Crippen molar-refractivity contribution in [3.8, 4) is 0 Å². The molecule has 1 unspecified atom stereocenters. The topological polar surface area (TPSA) is 63.2 Å². The third-order valence-electron chi connectivity index (χ3n) is 4.70. The van der Waals surface area contributed by atoms with Gasteiger partial charge in [0.25, 0.3) is 0 Å². The van der Waals surface area contributed by atoms with Crippen LogP contribution in [0.25, 0.3) is 0 Å². The molecule has 8 heteroatoms. The molecule has 2 rings (SSSR count). The van der Waals surface area contributed by atoms with Crippen molar-refractivity contribution in [2.45, 2.75) is 44.0 Å². The van der Waals surface area contributed by atoms with Crippen LogP contribution in [-0.4, -0.2) is 31.8 Å². The minimum Gasteiger partial charge on any atom is -0.356 e. The first-order chi connectivity index (χ1) is 11.5. The Morgan fingerprint density at radius 2 is 1.96 bits per heavy atom. The van der Waals surface area contributed by atoms with E-state index in [1.807, 2.05) is 0 Å². The second-order valence-electron chi connectivity index (χ2n) is 6.62. The van der Waals surface area contributed by atoms with Crippen molar-refractivity contribution >= 4 is 15.7 Å². The summed E-state index contributed by atoms with van der Waals surface area (Å²) in [6, 6.07) is 0. The average Bonchev–Trinajstić information content (AvgIpc) is 2.45. The summed E-state index contributed by atoms with van der Waals surface area (Å²) in [6.07, 6.45) is 0.163. The van der Waals surface area contributed by atoms with Crippen molar-refractivity contribution in [3.63, 3.8) is 0 Å². The molecule has 0 aromatic rings. The van der Waals surface area contributed by atoms with Gasteiger partial charge in [-0.3, -0.25) is 4.79 Å². The SMILES string of the molecule is CC(C)(C1CCC(=O)NC1)S(=O)(=O)C1=C=C/C=C\C/C(C(F)(F)F)=C\1. The average molecular weight is 375 g/mol. The zero-order valence-corrected chi connectivity index (χ0v) is 14.8. The standard InChI is InChI=1S/C17H20F3NO3S/c1-16(2,13-8-9-15(22)21-11-13)25(23,24)14-7-5-3-4-6-12(10-14)17(18,19)20/h3-5,10,13H,6,8-9,11H2,1-2H3,(H,21,22)/b4-3-,12-10+. The molecule has 0 bridgehead atoms. The summed E-state index contributed by atoms with van der Waals surface area (Å²) in [6.45, 7) is 3.14. The van der Waals surface area contributed by atoms with Crippen molar-refractivity contribution in [3.05, 3.63) is 40.5 Å². The van der Waals surface area contributed by atoms with Gasteiger partial charge in [-0.2, -0.15) is 13.2 Å². The first-order valence-corrected chi connectivity index (χ1v) is 9.35. The van der Waals surface area contributed by atoms with Gasteiger partial charge in [0.2, 0.25) is 5.91 Å². The Morgan fingerprint density at radius 1 is 1.28 bits per heavy atom. The fourth-order valence-electron chi connectivity index (χ4n) is 2.83. The highest BCUT2D eigenvalue weighted by Crippen LogP contribution is 2.38. The molecular weight excluding hydrogens is 355 g/mol. The summed E-state index contributed by atoms with van der Waals surface area (Å²) in [5.41, 5.74) is 1.54. The van der Waals surface area contributed by atoms with Gasteiger partial charge in [0, 0.05) is 18.5 Å². The largest absolute Gasteiger partial charge is 0.413 e. The number of carbonyl (C=O) groups excluding carboxylic acids is 1. The predicted octanol–water partition coefficient (Wildman–Crippen LogP) is 3.19. The van der Waals surface area contributed by atoms with Gasteiger partial charge in [-0.05, 0) is 44.8 Å². The van der Waals surface area contributed by atoms with Gasteiger partial charge >= 0.3 is 6.18 Å². The van der Waals surface area contributed by atoms with Crippen LogP contribution in [-0.2, 0) is 14.6 Å². The third kappa shape index (κ3) is 4.07. The number of amides is 1. The summed E-state index contributed by atoms with van der Waals surface area (Å²) in [5.74, 6) is -0.549. The lowest BCUT2D eigenvalue weighted by molar-refractivity contribution is -0.123. The van der Waals surface area contributed by atoms with Crippen LogP contribution in [0.3, 0.4) is 0 Å². The van der Waals surface area contributed by atoms with E-state index in [4.69, 9.17) is 0 Å². The van der Waals surface area contributed by atoms with E-state index in [-0.39, 0.29) is 18.9 Å². The molecular formula is C17H20F3NO3S. The molecule has 25 heavy (non-hydrogen) atoms. The highest BCUT2D eigenvalue weighted by atomic mass is 32.2. The van der Waals surface area contributed by atoms with Gasteiger partial charge in [-0.25, -0.2) is 8.42 Å². The van der Waals surface area contributed by atoms with Gasteiger partial charge in [-0.15, -0.1) is 5.73 Å². The number of hydrogen-bond donors (Lipinski definition) is 1. The van der Waals surface area contributed by atoms with Crippen LogP contribution in [0.15, 0.2) is 40.5 Å². The van der Waals surface area contributed by atoms with Crippen molar-refractivity contribution in [2.75, 3.05) is 6.54 Å². The highest BCUT2D eigenvalue weighted by molar-refractivity contribution is 7.96. The summed E-state index contributed by atoms with van der Waals surface area (Å²) < 4.78 is 64.1. The number of rotatable bonds is 3. The number of piperidine rings is 1. The Balaban J connectivity index is 2.47. The lowest BCUT2D eigenvalue weighted by Crippen LogP contribution is -2.49. The van der Waals surface area contributed by atoms with Crippen molar-refractivity contribution in [1.82, 2.24) is 5.32 Å². The lowest BCUT2D eigenvalue weighted by Gasteiger charge is -2.36. The molecule has 2 aliphatic rings. The number of allylic oxidation sites excluding steroid dienone is 4. The zero-order chi connectivity index (χ0) is 18.9. The molecule has 1 aliphatic heterocycles. The van der Waals surface area contributed by atoms with E-state index in [1.165, 1.54) is 32.1 Å². The minimum absolute atomic E-state index is 0.154. The number of sulfone groups is 1. The van der Waals surface area contributed by atoms with Crippen LogP contribution in [0, 0.1) is 5.92 Å². The molecule has 0 aromatic heterocycles. The van der Waals surface area contributed by atoms with Crippen molar-refractivity contribution in [1.29, 1.82) is 0 Å². The summed E-state index contributed by atoms with van der Waals surface area (Å²) >= 11 is 0. The monoisotopic (exact) mass is 375 g/mol. The zero-order valence-electron chi connectivity index (χ0n) is 14.0. The lowest BCUT2D eigenvalue weighted by atomic mass is 9.88. The van der Waals surface area contributed by atoms with Crippen LogP contribution in [0.2, 0.25) is 0 Å². The molecule has 0 saturated carbocycles. The molecule has 0 aromatic carbocycles. The van der Waals surface area contributed by atoms with Gasteiger partial charge in [0.1, 0.15) is 4.91 Å². The number of hydrogen-bond acceptors (Lipinski definition) is 3. The maximum Gasteiger partial charge on any atom is 0.413 e. The Bertz CT molecular complexity index is 772. The smallest absolute Gasteiger partial charge is 0.356 e. The van der Waals surface area contributed by atoms with E-state index in [9.17, 15) is 26.4 Å². The van der Waals surface area contributed by atoms with Gasteiger partial charge in [0.15, 0.2) is 9.84 Å². The summed E-state index contributed by atoms with van der Waals surface area (Å²) in [4.78, 5) is 10.8. The highest BCUT2D eigenvalue weighted by Gasteiger charge is 2.45. The Morgan fingerprint density at radius 3 is 2.52 bits per heavy atom. The molecule has 1 fully saturated rings. The van der Waals surface area contributed by atoms with Gasteiger partial charge in [0.05, 0.1) is 4.75 Å². The molecule has 1 amide bonds. The predicted molar refractivity (Wildman–Crippen MR) is 88.2 cm³/mol. The molecule has 1 aliphatic carbocycles. The fourth-order valence-corrected chi connectivity index (χ4v) is 4.56. The fraction of sp³-hybridized carbons (Fsp3) is 0.529. The van der Waals surface area contributed by atoms with E-state index >= 15 is 0 Å². The minimum atomic E-state index is -4.62. The van der Waals surface area contributed by atoms with Gasteiger partial charge in [-0.1, -0.05) is 12.2 Å². The molecule has 1 N–H and O–H groups in total. The summed E-state index contributed by atoms with van der Waals surface area (Å²) in [7, 11) is -4.10. The number of alkyl halides is 3. The second-order valence-corrected chi connectivity index (χ2v) is 9.12. The molecule has 1 heterocycles. The molecule has 0 spiro atoms. The normalized spacial score (nSPS) is 26.0. The van der Waals surface area contributed by atoms with E-state index in [0.717, 1.165) is 0 Å². The van der Waals surface area contributed by atoms with Crippen LogP contribution in [0.4, 0.5) is 13.2 Å². The maximum absolute atomic E-state index is 13.1. The van der Waals surface area contributed by atoms with E-state index in [1.54, 1.807) is 0 Å². The van der Waals surface area contributed by atoms with Gasteiger partial charge < -0.3 is 5.32 Å². The Hall–Kier alpha value is -1.79. The Labute approximate surface area is 145 Å². The summed E-state index contributed by atoms with van der Waals surface area (Å²) in [5, 5.41) is 2.62. The molecule has 1 atom stereocenters. The van der Waals surface area contributed by atoms with E-state index < -0.39 is 43.6 Å². The number of carbonyl (C=O) groups is 1. The molecule has 0 radical (unpaired) electrons. The first-order valence-electron chi connectivity index (χ1n) is 7.87. The number of nitrogens with one attached hydrogen (secondary N) is 1. The second kappa shape index (κ2) is 6.84. The van der Waals surface area contributed by atoms with Crippen LogP contribution in [0.5, 0.6) is 0 Å². The number of halogens is 3. The molecule has 1 saturated heterocycles. The van der Waals surface area contributed by atoms with Crippen LogP contribution in [0.1, 0.15) is 33.1 Å². The van der Waals surface area contributed by atoms with Crippen LogP contribution >= 0.6 is 0 Å². The Kier molecular flexibility index (Phi) is 5.35. The molecule has 138 valence electrons. The molecule has 4 nitrogen and oxygen atoms in total. The van der Waals surface area contributed by atoms with E-state index in [0.29, 0.717) is 12.5 Å².